The predicted octanol–water partition coefficient (Wildman–Crippen LogP) is 2.58. The van der Waals surface area contributed by atoms with Crippen molar-refractivity contribution >= 4 is 5.91 Å². The molecule has 2 bridgehead atoms. The van der Waals surface area contributed by atoms with Crippen LogP contribution in [0.3, 0.4) is 0 Å². The number of hydrogen-bond donors (Lipinski definition) is 0. The third kappa shape index (κ3) is 4.74. The average Bonchev–Trinajstić information content (AvgIpc) is 2.78. The zero-order chi connectivity index (χ0) is 22.7. The van der Waals surface area contributed by atoms with Gasteiger partial charge in [-0.25, -0.2) is 0 Å². The molecular weight excluding hydrogens is 406 g/mol. The second-order valence-electron chi connectivity index (χ2n) is 8.99. The fourth-order valence-electron chi connectivity index (χ4n) is 4.91. The number of likely N-dealkylation sites (tertiary alicyclic amines) is 1. The molecule has 0 unspecified atom stereocenters. The Morgan fingerprint density at radius 3 is 2.69 bits per heavy atom. The van der Waals surface area contributed by atoms with Gasteiger partial charge in [-0.2, -0.15) is 0 Å². The molecule has 32 heavy (non-hydrogen) atoms. The van der Waals surface area contributed by atoms with E-state index in [0.717, 1.165) is 17.7 Å². The zero-order valence-electron chi connectivity index (χ0n) is 19.3. The van der Waals surface area contributed by atoms with Crippen LogP contribution < -0.4 is 10.3 Å². The van der Waals surface area contributed by atoms with Gasteiger partial charge in [-0.15, -0.1) is 0 Å². The molecule has 4 rings (SSSR count). The number of benzene rings is 1. The van der Waals surface area contributed by atoms with Crippen molar-refractivity contribution in [2.24, 2.45) is 5.92 Å². The number of amides is 1. The first-order valence-electron chi connectivity index (χ1n) is 11.4. The lowest BCUT2D eigenvalue weighted by atomic mass is 9.82. The molecule has 1 saturated heterocycles. The van der Waals surface area contributed by atoms with Crippen molar-refractivity contribution in [3.63, 3.8) is 0 Å². The second-order valence-corrected chi connectivity index (χ2v) is 8.99. The van der Waals surface area contributed by atoms with Gasteiger partial charge in [0.2, 0.25) is 0 Å². The highest BCUT2D eigenvalue weighted by atomic mass is 16.5. The van der Waals surface area contributed by atoms with Gasteiger partial charge >= 0.3 is 0 Å². The monoisotopic (exact) mass is 439 g/mol. The van der Waals surface area contributed by atoms with E-state index in [4.69, 9.17) is 9.47 Å². The van der Waals surface area contributed by atoms with Crippen LogP contribution in [-0.2, 0) is 17.8 Å². The number of aromatic nitrogens is 1. The highest BCUT2D eigenvalue weighted by Crippen LogP contribution is 2.36. The lowest BCUT2D eigenvalue weighted by Gasteiger charge is -2.43. The predicted molar refractivity (Wildman–Crippen MR) is 123 cm³/mol. The van der Waals surface area contributed by atoms with Crippen LogP contribution in [-0.4, -0.2) is 67.3 Å². The Balaban J connectivity index is 1.52. The molecule has 1 aromatic carbocycles. The summed E-state index contributed by atoms with van der Waals surface area (Å²) in [6.07, 6.45) is 1.02. The quantitative estimate of drug-likeness (QED) is 0.592. The third-order valence-corrected chi connectivity index (χ3v) is 6.26. The molecule has 2 aromatic rings. The van der Waals surface area contributed by atoms with Crippen molar-refractivity contribution in [2.75, 3.05) is 47.0 Å². The third-order valence-electron chi connectivity index (χ3n) is 6.26. The van der Waals surface area contributed by atoms with Crippen molar-refractivity contribution in [3.05, 3.63) is 63.6 Å². The van der Waals surface area contributed by atoms with Gasteiger partial charge in [0.25, 0.3) is 11.5 Å². The molecule has 7 nitrogen and oxygen atoms in total. The van der Waals surface area contributed by atoms with Crippen LogP contribution >= 0.6 is 0 Å². The molecule has 0 aliphatic carbocycles. The number of carbonyl (C=O) groups excluding carboxylic acids is 1. The maximum Gasteiger partial charge on any atom is 0.257 e. The Bertz CT molecular complexity index is 1020. The van der Waals surface area contributed by atoms with Crippen LogP contribution in [0.25, 0.3) is 0 Å². The molecule has 7 heteroatoms. The number of fused-ring (bicyclic) bond motifs is 4. The first-order chi connectivity index (χ1) is 15.5. The van der Waals surface area contributed by atoms with Gasteiger partial charge in [-0.05, 0) is 51.6 Å². The minimum Gasteiger partial charge on any atom is -0.490 e. The maximum atomic E-state index is 13.4. The Hall–Kier alpha value is -2.64. The topological polar surface area (TPSA) is 64.0 Å². The van der Waals surface area contributed by atoms with E-state index in [1.807, 2.05) is 65.7 Å². The highest BCUT2D eigenvalue weighted by molar-refractivity contribution is 5.97. The lowest BCUT2D eigenvalue weighted by molar-refractivity contribution is 0.0586. The summed E-state index contributed by atoms with van der Waals surface area (Å²) in [5.74, 6) is 1.05. The standard InChI is InChI=1S/C25H33N3O4/c1-4-31-11-12-32-23-8-6-5-7-21(23)25(30)27-14-18-13-20(17-27)22-10-9-19(16-26(2)3)24(29)28(22)15-18/h5-10,18,20H,4,11-17H2,1-3H3/t18-,20+/m0/s1. The van der Waals surface area contributed by atoms with E-state index < -0.39 is 0 Å². The Morgan fingerprint density at radius 1 is 1.09 bits per heavy atom. The molecular formula is C25H33N3O4. The molecule has 2 aliphatic rings. The van der Waals surface area contributed by atoms with Crippen molar-refractivity contribution in [2.45, 2.75) is 32.4 Å². The molecule has 0 radical (unpaired) electrons. The van der Waals surface area contributed by atoms with E-state index >= 15 is 0 Å². The minimum absolute atomic E-state index is 0.00765. The fourth-order valence-corrected chi connectivity index (χ4v) is 4.91. The number of para-hydroxylation sites is 1. The molecule has 0 N–H and O–H groups in total. The molecule has 0 saturated carbocycles. The number of hydrogen-bond acceptors (Lipinski definition) is 5. The molecule has 2 aliphatic heterocycles. The van der Waals surface area contributed by atoms with Gasteiger partial charge in [-0.3, -0.25) is 9.59 Å². The summed E-state index contributed by atoms with van der Waals surface area (Å²) in [6, 6.07) is 11.5. The van der Waals surface area contributed by atoms with E-state index in [1.54, 1.807) is 0 Å². The molecule has 2 atom stereocenters. The van der Waals surface area contributed by atoms with E-state index in [-0.39, 0.29) is 23.3 Å². The highest BCUT2D eigenvalue weighted by Gasteiger charge is 2.37. The molecule has 1 amide bonds. The van der Waals surface area contributed by atoms with Gasteiger partial charge in [0.1, 0.15) is 12.4 Å². The summed E-state index contributed by atoms with van der Waals surface area (Å²) in [5.41, 5.74) is 2.57. The number of ether oxygens (including phenoxy) is 2. The number of piperidine rings is 1. The van der Waals surface area contributed by atoms with E-state index in [1.165, 1.54) is 0 Å². The van der Waals surface area contributed by atoms with E-state index in [9.17, 15) is 9.59 Å². The molecule has 1 aromatic heterocycles. The van der Waals surface area contributed by atoms with Crippen LogP contribution in [0.4, 0.5) is 0 Å². The van der Waals surface area contributed by atoms with Crippen LogP contribution in [0, 0.1) is 5.92 Å². The summed E-state index contributed by atoms with van der Waals surface area (Å²) in [5, 5.41) is 0. The smallest absolute Gasteiger partial charge is 0.257 e. The van der Waals surface area contributed by atoms with Gasteiger partial charge in [-0.1, -0.05) is 18.2 Å². The van der Waals surface area contributed by atoms with Crippen LogP contribution in [0.2, 0.25) is 0 Å². The Labute approximate surface area is 189 Å². The van der Waals surface area contributed by atoms with Gasteiger partial charge in [0, 0.05) is 50.0 Å². The van der Waals surface area contributed by atoms with E-state index in [2.05, 4.69) is 6.07 Å². The summed E-state index contributed by atoms with van der Waals surface area (Å²) in [6.45, 7) is 6.08. The Kier molecular flexibility index (Phi) is 6.96. The fraction of sp³-hybridized carbons (Fsp3) is 0.520. The number of pyridine rings is 1. The summed E-state index contributed by atoms with van der Waals surface area (Å²) < 4.78 is 13.1. The largest absolute Gasteiger partial charge is 0.490 e. The Morgan fingerprint density at radius 2 is 1.91 bits per heavy atom. The van der Waals surface area contributed by atoms with Gasteiger partial charge < -0.3 is 23.8 Å². The first-order valence-corrected chi connectivity index (χ1v) is 11.4. The van der Waals surface area contributed by atoms with Crippen molar-refractivity contribution in [1.29, 1.82) is 0 Å². The lowest BCUT2D eigenvalue weighted by Crippen LogP contribution is -2.49. The van der Waals surface area contributed by atoms with Gasteiger partial charge in [0.15, 0.2) is 0 Å². The summed E-state index contributed by atoms with van der Waals surface area (Å²) >= 11 is 0. The van der Waals surface area contributed by atoms with Gasteiger partial charge in [0.05, 0.1) is 12.2 Å². The number of carbonyl (C=O) groups is 1. The first kappa shape index (κ1) is 22.6. The molecule has 1 fully saturated rings. The van der Waals surface area contributed by atoms with Crippen LogP contribution in [0.15, 0.2) is 41.2 Å². The van der Waals surface area contributed by atoms with Crippen LogP contribution in [0.1, 0.15) is 40.9 Å². The minimum atomic E-state index is -0.00765. The number of rotatable bonds is 8. The van der Waals surface area contributed by atoms with E-state index in [0.29, 0.717) is 57.3 Å². The SMILES string of the molecule is CCOCCOc1ccccc1C(=O)N1C[C@@H]2C[C@H](C1)c1ccc(CN(C)C)c(=O)n1C2. The summed E-state index contributed by atoms with van der Waals surface area (Å²) in [7, 11) is 3.94. The zero-order valence-corrected chi connectivity index (χ0v) is 19.3. The molecule has 172 valence electrons. The number of nitrogens with zero attached hydrogens (tertiary/aromatic N) is 3. The second kappa shape index (κ2) is 9.88. The molecule has 0 spiro atoms. The normalized spacial score (nSPS) is 19.7. The van der Waals surface area contributed by atoms with Crippen molar-refractivity contribution in [3.8, 4) is 5.75 Å². The van der Waals surface area contributed by atoms with Crippen molar-refractivity contribution in [1.82, 2.24) is 14.4 Å². The maximum absolute atomic E-state index is 13.4. The summed E-state index contributed by atoms with van der Waals surface area (Å²) in [4.78, 5) is 30.4. The van der Waals surface area contributed by atoms with Crippen LogP contribution in [0.5, 0.6) is 5.75 Å². The van der Waals surface area contributed by atoms with Crippen molar-refractivity contribution < 1.29 is 14.3 Å². The average molecular weight is 440 g/mol. The molecule has 3 heterocycles.